The van der Waals surface area contributed by atoms with Crippen molar-refractivity contribution in [3.05, 3.63) is 40.3 Å². The van der Waals surface area contributed by atoms with Crippen molar-refractivity contribution in [2.24, 2.45) is 18.7 Å². The zero-order valence-corrected chi connectivity index (χ0v) is 13.5. The highest BCUT2D eigenvalue weighted by atomic mass is 16.2. The molecule has 2 N–H and O–H groups in total. The fourth-order valence-electron chi connectivity index (χ4n) is 3.31. The van der Waals surface area contributed by atoms with Crippen LogP contribution in [0.4, 0.5) is 0 Å². The van der Waals surface area contributed by atoms with Gasteiger partial charge in [0.15, 0.2) is 5.69 Å². The van der Waals surface area contributed by atoms with Gasteiger partial charge >= 0.3 is 0 Å². The highest BCUT2D eigenvalue weighted by Crippen LogP contribution is 2.21. The molecule has 3 rings (SSSR count). The predicted molar refractivity (Wildman–Crippen MR) is 89.3 cm³/mol. The summed E-state index contributed by atoms with van der Waals surface area (Å²) in [6.07, 6.45) is 2.03. The minimum atomic E-state index is -0.360. The van der Waals surface area contributed by atoms with E-state index >= 15 is 0 Å². The molecule has 2 heterocycles. The maximum absolute atomic E-state index is 12.8. The number of hydrogen-bond acceptors (Lipinski definition) is 4. The van der Waals surface area contributed by atoms with E-state index in [1.54, 1.807) is 18.0 Å². The topological polar surface area (TPSA) is 81.2 Å². The van der Waals surface area contributed by atoms with E-state index in [1.165, 1.54) is 4.57 Å². The molecule has 1 aliphatic rings. The number of hydrogen-bond donors (Lipinski definition) is 1. The number of carbonyl (C=O) groups excluding carboxylic acids is 1. The average Bonchev–Trinajstić information content (AvgIpc) is 2.92. The fraction of sp³-hybridized carbons (Fsp3) is 0.471. The molecule has 0 unspecified atom stereocenters. The van der Waals surface area contributed by atoms with Crippen molar-refractivity contribution in [2.75, 3.05) is 13.1 Å². The van der Waals surface area contributed by atoms with Crippen LogP contribution in [0.5, 0.6) is 0 Å². The molecule has 1 aliphatic heterocycles. The summed E-state index contributed by atoms with van der Waals surface area (Å²) in [7, 11) is 1.67. The first-order chi connectivity index (χ1) is 11.0. The van der Waals surface area contributed by atoms with Gasteiger partial charge in [0, 0.05) is 26.2 Å². The average molecular weight is 314 g/mol. The van der Waals surface area contributed by atoms with Crippen molar-refractivity contribution >= 4 is 16.9 Å². The molecule has 0 bridgehead atoms. The Morgan fingerprint density at radius 1 is 1.35 bits per heavy atom. The molecule has 122 valence electrons. The Kier molecular flexibility index (Phi) is 4.17. The number of amides is 1. The van der Waals surface area contributed by atoms with Crippen LogP contribution in [0.1, 0.15) is 30.3 Å². The number of para-hydroxylation sites is 2. The highest BCUT2D eigenvalue weighted by Gasteiger charge is 2.34. The number of aromatic nitrogens is 2. The Hall–Kier alpha value is -2.21. The van der Waals surface area contributed by atoms with E-state index in [0.29, 0.717) is 24.5 Å². The molecule has 23 heavy (non-hydrogen) atoms. The second-order valence-corrected chi connectivity index (χ2v) is 6.24. The fourth-order valence-corrected chi connectivity index (χ4v) is 3.31. The number of aryl methyl sites for hydroxylation is 1. The third-order valence-electron chi connectivity index (χ3n) is 4.62. The molecule has 6 heteroatoms. The summed E-state index contributed by atoms with van der Waals surface area (Å²) in [6, 6.07) is 7.29. The third kappa shape index (κ3) is 2.74. The van der Waals surface area contributed by atoms with E-state index in [0.717, 1.165) is 18.4 Å². The number of nitrogens with two attached hydrogens (primary N) is 1. The molecule has 1 aromatic carbocycles. The Balaban J connectivity index is 1.96. The van der Waals surface area contributed by atoms with E-state index in [1.807, 2.05) is 18.2 Å². The maximum Gasteiger partial charge on any atom is 0.282 e. The van der Waals surface area contributed by atoms with Gasteiger partial charge < -0.3 is 15.2 Å². The van der Waals surface area contributed by atoms with Gasteiger partial charge in [0.2, 0.25) is 0 Å². The minimum absolute atomic E-state index is 0.0180. The number of benzene rings is 1. The lowest BCUT2D eigenvalue weighted by Crippen LogP contribution is -2.37. The van der Waals surface area contributed by atoms with Crippen LogP contribution in [-0.4, -0.2) is 39.5 Å². The van der Waals surface area contributed by atoms with Crippen LogP contribution in [0, 0.1) is 5.92 Å². The van der Waals surface area contributed by atoms with Crippen molar-refractivity contribution in [1.82, 2.24) is 14.5 Å². The maximum atomic E-state index is 12.8. The molecule has 6 nitrogen and oxygen atoms in total. The number of rotatable bonds is 3. The molecular weight excluding hydrogens is 292 g/mol. The zero-order valence-electron chi connectivity index (χ0n) is 13.5. The van der Waals surface area contributed by atoms with Crippen LogP contribution in [0.3, 0.4) is 0 Å². The van der Waals surface area contributed by atoms with Gasteiger partial charge in [-0.2, -0.15) is 0 Å². The number of nitrogens with zero attached hydrogens (tertiary/aromatic N) is 3. The van der Waals surface area contributed by atoms with Gasteiger partial charge in [-0.3, -0.25) is 9.59 Å². The normalized spacial score (nSPS) is 21.1. The summed E-state index contributed by atoms with van der Waals surface area (Å²) in [5.74, 6) is -0.0151. The molecule has 1 amide bonds. The van der Waals surface area contributed by atoms with Crippen LogP contribution in [0.2, 0.25) is 0 Å². The molecule has 1 fully saturated rings. The Morgan fingerprint density at radius 2 is 2.09 bits per heavy atom. The molecule has 0 aliphatic carbocycles. The van der Waals surface area contributed by atoms with Crippen molar-refractivity contribution in [1.29, 1.82) is 0 Å². The first-order valence-corrected chi connectivity index (χ1v) is 8.03. The molecule has 2 aromatic rings. The SMILES string of the molecule is CCC[C@@H]1CN(C(=O)c2nc3ccccc3n(C)c2=O)C[C@H]1N. The molecule has 0 radical (unpaired) electrons. The number of fused-ring (bicyclic) bond motifs is 1. The van der Waals surface area contributed by atoms with Gasteiger partial charge in [-0.15, -0.1) is 0 Å². The van der Waals surface area contributed by atoms with E-state index < -0.39 is 0 Å². The standard InChI is InChI=1S/C17H22N4O2/c1-3-6-11-9-21(10-12(11)18)17(23)15-16(22)20(2)14-8-5-4-7-13(14)19-15/h4-5,7-8,11-12H,3,6,9-10,18H2,1-2H3/t11-,12-/m1/s1. The van der Waals surface area contributed by atoms with Crippen molar-refractivity contribution in [3.63, 3.8) is 0 Å². The van der Waals surface area contributed by atoms with Gasteiger partial charge in [-0.25, -0.2) is 4.98 Å². The highest BCUT2D eigenvalue weighted by molar-refractivity contribution is 5.94. The first-order valence-electron chi connectivity index (χ1n) is 8.03. The van der Waals surface area contributed by atoms with Crippen LogP contribution in [-0.2, 0) is 7.05 Å². The van der Waals surface area contributed by atoms with Gasteiger partial charge in [-0.05, 0) is 24.5 Å². The van der Waals surface area contributed by atoms with Crippen LogP contribution in [0.25, 0.3) is 11.0 Å². The quantitative estimate of drug-likeness (QED) is 0.921. The van der Waals surface area contributed by atoms with E-state index in [2.05, 4.69) is 11.9 Å². The van der Waals surface area contributed by atoms with E-state index in [-0.39, 0.29) is 23.2 Å². The molecule has 1 saturated heterocycles. The third-order valence-corrected chi connectivity index (χ3v) is 4.62. The Morgan fingerprint density at radius 3 is 2.83 bits per heavy atom. The molecule has 1 aromatic heterocycles. The zero-order chi connectivity index (χ0) is 16.6. The summed E-state index contributed by atoms with van der Waals surface area (Å²) in [6.45, 7) is 3.20. The van der Waals surface area contributed by atoms with Gasteiger partial charge in [-0.1, -0.05) is 25.5 Å². The van der Waals surface area contributed by atoms with Crippen LogP contribution < -0.4 is 11.3 Å². The van der Waals surface area contributed by atoms with E-state index in [9.17, 15) is 9.59 Å². The summed E-state index contributed by atoms with van der Waals surface area (Å²) < 4.78 is 1.48. The first kappa shape index (κ1) is 15.7. The van der Waals surface area contributed by atoms with Crippen molar-refractivity contribution in [2.45, 2.75) is 25.8 Å². The van der Waals surface area contributed by atoms with Gasteiger partial charge in [0.05, 0.1) is 11.0 Å². The monoisotopic (exact) mass is 314 g/mol. The summed E-state index contributed by atoms with van der Waals surface area (Å²) in [5.41, 5.74) is 7.12. The molecule has 0 saturated carbocycles. The predicted octanol–water partition coefficient (Wildman–Crippen LogP) is 1.13. The lowest BCUT2D eigenvalue weighted by Gasteiger charge is -2.16. The van der Waals surface area contributed by atoms with Crippen LogP contribution >= 0.6 is 0 Å². The number of likely N-dealkylation sites (tertiary alicyclic amines) is 1. The second-order valence-electron chi connectivity index (χ2n) is 6.24. The molecule has 2 atom stereocenters. The van der Waals surface area contributed by atoms with Gasteiger partial charge in [0.1, 0.15) is 0 Å². The van der Waals surface area contributed by atoms with Crippen molar-refractivity contribution in [3.8, 4) is 0 Å². The summed E-state index contributed by atoms with van der Waals surface area (Å²) >= 11 is 0. The minimum Gasteiger partial charge on any atom is -0.335 e. The summed E-state index contributed by atoms with van der Waals surface area (Å²) in [5, 5.41) is 0. The smallest absolute Gasteiger partial charge is 0.282 e. The largest absolute Gasteiger partial charge is 0.335 e. The summed E-state index contributed by atoms with van der Waals surface area (Å²) in [4.78, 5) is 31.2. The lowest BCUT2D eigenvalue weighted by atomic mass is 9.99. The number of carbonyl (C=O) groups is 1. The molecule has 0 spiro atoms. The Bertz CT molecular complexity index is 799. The molecular formula is C17H22N4O2. The van der Waals surface area contributed by atoms with Crippen molar-refractivity contribution < 1.29 is 4.79 Å². The second kappa shape index (κ2) is 6.12. The Labute approximate surface area is 134 Å². The lowest BCUT2D eigenvalue weighted by molar-refractivity contribution is 0.0777. The van der Waals surface area contributed by atoms with E-state index in [4.69, 9.17) is 5.73 Å². The van der Waals surface area contributed by atoms with Gasteiger partial charge in [0.25, 0.3) is 11.5 Å². The van der Waals surface area contributed by atoms with Crippen LogP contribution in [0.15, 0.2) is 29.1 Å².